The van der Waals surface area contributed by atoms with E-state index in [1.807, 2.05) is 0 Å². The Morgan fingerprint density at radius 3 is 2.62 bits per heavy atom. The Kier molecular flexibility index (Phi) is 4.03. The van der Waals surface area contributed by atoms with E-state index in [-0.39, 0.29) is 12.2 Å². The van der Waals surface area contributed by atoms with Crippen molar-refractivity contribution in [2.45, 2.75) is 13.8 Å². The Morgan fingerprint density at radius 2 is 2.06 bits per heavy atom. The molecule has 0 aliphatic rings. The molecule has 0 fully saturated rings. The first-order chi connectivity index (χ1) is 7.44. The van der Waals surface area contributed by atoms with Crippen LogP contribution in [-0.4, -0.2) is 21.0 Å². The van der Waals surface area contributed by atoms with Crippen molar-refractivity contribution in [1.82, 2.24) is 0 Å². The second-order valence-corrected chi connectivity index (χ2v) is 4.27. The van der Waals surface area contributed by atoms with E-state index in [2.05, 4.69) is 8.37 Å². The molecule has 0 aromatic heterocycles. The van der Waals surface area contributed by atoms with Gasteiger partial charge in [-0.05, 0) is 26.0 Å². The maximum absolute atomic E-state index is 11.4. The molecule has 1 aromatic rings. The fourth-order valence-corrected chi connectivity index (χ4v) is 1.70. The lowest BCUT2D eigenvalue weighted by atomic mass is 10.1. The van der Waals surface area contributed by atoms with E-state index < -0.39 is 16.4 Å². The van der Waals surface area contributed by atoms with Crippen molar-refractivity contribution in [3.8, 4) is 0 Å². The molecular weight excluding hydrogens is 232 g/mol. The Morgan fingerprint density at radius 1 is 1.38 bits per heavy atom. The Bertz CT molecular complexity index is 478. The van der Waals surface area contributed by atoms with Crippen LogP contribution < -0.4 is 0 Å². The molecule has 0 N–H and O–H groups in total. The van der Waals surface area contributed by atoms with Gasteiger partial charge in [0.05, 0.1) is 12.2 Å². The third kappa shape index (κ3) is 3.63. The molecule has 0 atom stereocenters. The lowest BCUT2D eigenvalue weighted by Crippen LogP contribution is -2.15. The van der Waals surface area contributed by atoms with Gasteiger partial charge in [-0.3, -0.25) is 0 Å². The molecule has 1 aromatic carbocycles. The van der Waals surface area contributed by atoms with Crippen molar-refractivity contribution in [3.05, 3.63) is 35.4 Å². The third-order valence-electron chi connectivity index (χ3n) is 1.69. The number of hydrogen-bond donors (Lipinski definition) is 0. The van der Waals surface area contributed by atoms with Crippen LogP contribution in [0.3, 0.4) is 0 Å². The predicted octanol–water partition coefficient (Wildman–Crippen LogP) is 1.43. The second kappa shape index (κ2) is 5.09. The van der Waals surface area contributed by atoms with Crippen LogP contribution in [0.25, 0.3) is 0 Å². The standard InChI is InChI=1S/C10H12O5S/c1-3-14-16(12,13)15-10(11)9-6-4-5-8(2)7-9/h4-7H,3H2,1-2H3. The van der Waals surface area contributed by atoms with Crippen molar-refractivity contribution >= 4 is 16.4 Å². The Hall–Kier alpha value is -1.40. The summed E-state index contributed by atoms with van der Waals surface area (Å²) in [7, 11) is -4.24. The minimum atomic E-state index is -4.24. The van der Waals surface area contributed by atoms with Gasteiger partial charge in [-0.25, -0.2) is 8.98 Å². The monoisotopic (exact) mass is 244 g/mol. The molecule has 0 unspecified atom stereocenters. The summed E-state index contributed by atoms with van der Waals surface area (Å²) in [6.45, 7) is 3.19. The van der Waals surface area contributed by atoms with Gasteiger partial charge in [0.15, 0.2) is 0 Å². The van der Waals surface area contributed by atoms with Crippen LogP contribution in [-0.2, 0) is 18.8 Å². The van der Waals surface area contributed by atoms with Gasteiger partial charge in [-0.2, -0.15) is 8.42 Å². The summed E-state index contributed by atoms with van der Waals surface area (Å²) in [5, 5.41) is 0. The smallest absolute Gasteiger partial charge is 0.320 e. The van der Waals surface area contributed by atoms with Gasteiger partial charge < -0.3 is 4.18 Å². The molecule has 0 bridgehead atoms. The lowest BCUT2D eigenvalue weighted by molar-refractivity contribution is 0.0713. The van der Waals surface area contributed by atoms with Crippen LogP contribution in [0.15, 0.2) is 24.3 Å². The van der Waals surface area contributed by atoms with E-state index in [0.717, 1.165) is 5.56 Å². The quantitative estimate of drug-likeness (QED) is 0.801. The molecule has 1 rings (SSSR count). The highest BCUT2D eigenvalue weighted by molar-refractivity contribution is 7.82. The van der Waals surface area contributed by atoms with Crippen LogP contribution in [0, 0.1) is 6.92 Å². The molecule has 0 aliphatic carbocycles. The fourth-order valence-electron chi connectivity index (χ4n) is 1.08. The number of carbonyl (C=O) groups is 1. The van der Waals surface area contributed by atoms with Crippen molar-refractivity contribution in [3.63, 3.8) is 0 Å². The van der Waals surface area contributed by atoms with Gasteiger partial charge in [0.2, 0.25) is 0 Å². The number of hydrogen-bond acceptors (Lipinski definition) is 5. The topological polar surface area (TPSA) is 69.7 Å². The van der Waals surface area contributed by atoms with Crippen molar-refractivity contribution in [1.29, 1.82) is 0 Å². The molecule has 16 heavy (non-hydrogen) atoms. The average Bonchev–Trinajstić information content (AvgIpc) is 2.16. The van der Waals surface area contributed by atoms with E-state index in [1.165, 1.54) is 19.1 Å². The number of aryl methyl sites for hydroxylation is 1. The Labute approximate surface area is 94.3 Å². The molecule has 0 heterocycles. The number of carbonyl (C=O) groups excluding carboxylic acids is 1. The molecule has 0 spiro atoms. The zero-order valence-corrected chi connectivity index (χ0v) is 9.78. The summed E-state index contributed by atoms with van der Waals surface area (Å²) in [5.41, 5.74) is 1.01. The zero-order valence-electron chi connectivity index (χ0n) is 8.97. The van der Waals surface area contributed by atoms with Gasteiger partial charge in [0.25, 0.3) is 0 Å². The predicted molar refractivity (Wildman–Crippen MR) is 57.1 cm³/mol. The first-order valence-electron chi connectivity index (χ1n) is 4.64. The maximum atomic E-state index is 11.4. The van der Waals surface area contributed by atoms with E-state index >= 15 is 0 Å². The SMILES string of the molecule is CCOS(=O)(=O)OC(=O)c1cccc(C)c1. The first-order valence-corrected chi connectivity index (χ1v) is 5.98. The molecular formula is C10H12O5S. The summed E-state index contributed by atoms with van der Waals surface area (Å²) in [6, 6.07) is 6.42. The molecule has 0 radical (unpaired) electrons. The van der Waals surface area contributed by atoms with Crippen molar-refractivity contribution in [2.75, 3.05) is 6.61 Å². The number of benzene rings is 1. The van der Waals surface area contributed by atoms with Crippen molar-refractivity contribution < 1.29 is 21.6 Å². The maximum Gasteiger partial charge on any atom is 0.451 e. The second-order valence-electron chi connectivity index (χ2n) is 3.06. The van der Waals surface area contributed by atoms with Crippen LogP contribution in [0.1, 0.15) is 22.8 Å². The molecule has 0 amide bonds. The van der Waals surface area contributed by atoms with E-state index in [0.29, 0.717) is 0 Å². The van der Waals surface area contributed by atoms with Gasteiger partial charge in [0.1, 0.15) is 0 Å². The average molecular weight is 244 g/mol. The summed E-state index contributed by atoms with van der Waals surface area (Å²) < 4.78 is 30.6. The van der Waals surface area contributed by atoms with Gasteiger partial charge >= 0.3 is 16.4 Å². The summed E-state index contributed by atoms with van der Waals surface area (Å²) in [6.07, 6.45) is 0. The van der Waals surface area contributed by atoms with Crippen LogP contribution >= 0.6 is 0 Å². The van der Waals surface area contributed by atoms with Crippen LogP contribution in [0.2, 0.25) is 0 Å². The van der Waals surface area contributed by atoms with Gasteiger partial charge in [-0.15, -0.1) is 0 Å². The number of rotatable bonds is 4. The largest absolute Gasteiger partial charge is 0.451 e. The third-order valence-corrected chi connectivity index (χ3v) is 2.57. The highest BCUT2D eigenvalue weighted by atomic mass is 32.3. The molecule has 0 saturated heterocycles. The zero-order chi connectivity index (χ0) is 12.2. The molecule has 5 nitrogen and oxygen atoms in total. The highest BCUT2D eigenvalue weighted by Gasteiger charge is 2.18. The minimum absolute atomic E-state index is 0.0799. The molecule has 0 aliphatic heterocycles. The van der Waals surface area contributed by atoms with Gasteiger partial charge in [-0.1, -0.05) is 17.7 Å². The van der Waals surface area contributed by atoms with Crippen molar-refractivity contribution in [2.24, 2.45) is 0 Å². The molecule has 0 saturated carbocycles. The van der Waals surface area contributed by atoms with Crippen LogP contribution in [0.5, 0.6) is 0 Å². The Balaban J connectivity index is 2.81. The summed E-state index contributed by atoms with van der Waals surface area (Å²) >= 11 is 0. The highest BCUT2D eigenvalue weighted by Crippen LogP contribution is 2.08. The normalized spacial score (nSPS) is 11.1. The van der Waals surface area contributed by atoms with E-state index in [4.69, 9.17) is 0 Å². The van der Waals surface area contributed by atoms with Gasteiger partial charge in [0, 0.05) is 0 Å². The fraction of sp³-hybridized carbons (Fsp3) is 0.300. The first kappa shape index (κ1) is 12.7. The molecule has 88 valence electrons. The summed E-state index contributed by atoms with van der Waals surface area (Å²) in [5.74, 6) is -0.947. The summed E-state index contributed by atoms with van der Waals surface area (Å²) in [4.78, 5) is 11.4. The van der Waals surface area contributed by atoms with E-state index in [1.54, 1.807) is 19.1 Å². The van der Waals surface area contributed by atoms with Crippen LogP contribution in [0.4, 0.5) is 0 Å². The lowest BCUT2D eigenvalue weighted by Gasteiger charge is -2.04. The molecule has 6 heteroatoms. The van der Waals surface area contributed by atoms with E-state index in [9.17, 15) is 13.2 Å². The minimum Gasteiger partial charge on any atom is -0.320 e.